The Morgan fingerprint density at radius 3 is 3.13 bits per heavy atom. The highest BCUT2D eigenvalue weighted by Crippen LogP contribution is 2.14. The van der Waals surface area contributed by atoms with E-state index in [1.54, 1.807) is 17.6 Å². The van der Waals surface area contributed by atoms with Crippen molar-refractivity contribution < 1.29 is 4.42 Å². The molecule has 3 nitrogen and oxygen atoms in total. The number of nitrogens with zero attached hydrogens (tertiary/aromatic N) is 1. The maximum absolute atomic E-state index is 5.44. The van der Waals surface area contributed by atoms with E-state index in [1.165, 1.54) is 4.88 Å². The molecule has 0 aliphatic rings. The van der Waals surface area contributed by atoms with Crippen molar-refractivity contribution in [3.05, 3.63) is 40.2 Å². The Kier molecular flexibility index (Phi) is 3.53. The molecular formula is C11H14N2OS. The zero-order valence-electron chi connectivity index (χ0n) is 8.48. The van der Waals surface area contributed by atoms with E-state index in [1.807, 2.05) is 6.07 Å². The van der Waals surface area contributed by atoms with Crippen LogP contribution in [0.15, 0.2) is 28.2 Å². The van der Waals surface area contributed by atoms with Crippen LogP contribution in [0.4, 0.5) is 0 Å². The molecule has 0 aromatic carbocycles. The average Bonchev–Trinajstić information content (AvgIpc) is 2.87. The molecule has 0 radical (unpaired) electrons. The zero-order valence-corrected chi connectivity index (χ0v) is 9.30. The van der Waals surface area contributed by atoms with Gasteiger partial charge in [-0.25, -0.2) is 4.98 Å². The van der Waals surface area contributed by atoms with Crippen LogP contribution in [0, 0.1) is 0 Å². The van der Waals surface area contributed by atoms with Crippen molar-refractivity contribution in [3.8, 4) is 0 Å². The Morgan fingerprint density at radius 2 is 2.40 bits per heavy atom. The number of aryl methyl sites for hydroxylation is 1. The Hall–Kier alpha value is -1.13. The van der Waals surface area contributed by atoms with Gasteiger partial charge in [-0.2, -0.15) is 0 Å². The summed E-state index contributed by atoms with van der Waals surface area (Å²) in [7, 11) is 0. The van der Waals surface area contributed by atoms with Gasteiger partial charge in [0.15, 0.2) is 5.89 Å². The minimum atomic E-state index is 0.702. The first kappa shape index (κ1) is 10.4. The van der Waals surface area contributed by atoms with Crippen LogP contribution in [0.3, 0.4) is 0 Å². The predicted octanol–water partition coefficient (Wildman–Crippen LogP) is 2.22. The lowest BCUT2D eigenvalue weighted by molar-refractivity contribution is 0.507. The molecule has 0 spiro atoms. The topological polar surface area (TPSA) is 52.0 Å². The number of thiophene rings is 1. The van der Waals surface area contributed by atoms with Gasteiger partial charge in [0, 0.05) is 4.88 Å². The van der Waals surface area contributed by atoms with Crippen molar-refractivity contribution in [2.24, 2.45) is 5.73 Å². The van der Waals surface area contributed by atoms with Crippen LogP contribution in [0.25, 0.3) is 0 Å². The van der Waals surface area contributed by atoms with Gasteiger partial charge >= 0.3 is 0 Å². The van der Waals surface area contributed by atoms with Crippen LogP contribution in [0.2, 0.25) is 0 Å². The SMILES string of the molecule is NCCCc1coc(Cc2cccs2)n1. The molecule has 4 heteroatoms. The molecule has 2 heterocycles. The van der Waals surface area contributed by atoms with E-state index in [-0.39, 0.29) is 0 Å². The molecule has 0 saturated carbocycles. The molecule has 0 saturated heterocycles. The highest BCUT2D eigenvalue weighted by atomic mass is 32.1. The lowest BCUT2D eigenvalue weighted by atomic mass is 10.2. The third-order valence-electron chi connectivity index (χ3n) is 2.14. The van der Waals surface area contributed by atoms with Crippen LogP contribution in [-0.4, -0.2) is 11.5 Å². The van der Waals surface area contributed by atoms with Crippen molar-refractivity contribution >= 4 is 11.3 Å². The lowest BCUT2D eigenvalue weighted by Crippen LogP contribution is -2.00. The summed E-state index contributed by atoms with van der Waals surface area (Å²) in [6, 6.07) is 4.13. The Bertz CT molecular complexity index is 394. The first-order valence-corrected chi connectivity index (χ1v) is 5.92. The normalized spacial score (nSPS) is 10.7. The molecule has 0 aliphatic carbocycles. The fourth-order valence-corrected chi connectivity index (χ4v) is 2.09. The summed E-state index contributed by atoms with van der Waals surface area (Å²) in [5.41, 5.74) is 6.44. The molecule has 2 aromatic rings. The molecule has 2 N–H and O–H groups in total. The Morgan fingerprint density at radius 1 is 1.47 bits per heavy atom. The minimum Gasteiger partial charge on any atom is -0.448 e. The molecule has 2 rings (SSSR count). The van der Waals surface area contributed by atoms with Gasteiger partial charge in [-0.05, 0) is 30.8 Å². The predicted molar refractivity (Wildman–Crippen MR) is 61.0 cm³/mol. The molecular weight excluding hydrogens is 208 g/mol. The maximum Gasteiger partial charge on any atom is 0.199 e. The van der Waals surface area contributed by atoms with Crippen LogP contribution < -0.4 is 5.73 Å². The van der Waals surface area contributed by atoms with Crippen LogP contribution in [-0.2, 0) is 12.8 Å². The minimum absolute atomic E-state index is 0.702. The van der Waals surface area contributed by atoms with Gasteiger partial charge in [0.25, 0.3) is 0 Å². The number of rotatable bonds is 5. The van der Waals surface area contributed by atoms with E-state index >= 15 is 0 Å². The second kappa shape index (κ2) is 5.09. The number of oxazole rings is 1. The molecule has 0 amide bonds. The van der Waals surface area contributed by atoms with Crippen molar-refractivity contribution in [3.63, 3.8) is 0 Å². The summed E-state index contributed by atoms with van der Waals surface area (Å²) in [6.45, 7) is 0.702. The van der Waals surface area contributed by atoms with Gasteiger partial charge in [0.2, 0.25) is 0 Å². The van der Waals surface area contributed by atoms with E-state index in [9.17, 15) is 0 Å². The quantitative estimate of drug-likeness (QED) is 0.844. The summed E-state index contributed by atoms with van der Waals surface area (Å²) in [5.74, 6) is 0.796. The van der Waals surface area contributed by atoms with Gasteiger partial charge < -0.3 is 10.2 Å². The summed E-state index contributed by atoms with van der Waals surface area (Å²) < 4.78 is 5.39. The van der Waals surface area contributed by atoms with Gasteiger partial charge in [0.05, 0.1) is 12.1 Å². The van der Waals surface area contributed by atoms with Gasteiger partial charge in [-0.3, -0.25) is 0 Å². The Labute approximate surface area is 92.9 Å². The Balaban J connectivity index is 1.95. The zero-order chi connectivity index (χ0) is 10.5. The van der Waals surface area contributed by atoms with E-state index in [0.717, 1.165) is 30.8 Å². The summed E-state index contributed by atoms with van der Waals surface area (Å²) in [5, 5.41) is 2.06. The molecule has 0 unspecified atom stereocenters. The lowest BCUT2D eigenvalue weighted by Gasteiger charge is -1.91. The number of aromatic nitrogens is 1. The van der Waals surface area contributed by atoms with Crippen molar-refractivity contribution in [1.29, 1.82) is 0 Å². The molecule has 2 aromatic heterocycles. The van der Waals surface area contributed by atoms with Gasteiger partial charge in [-0.15, -0.1) is 11.3 Å². The summed E-state index contributed by atoms with van der Waals surface area (Å²) in [4.78, 5) is 5.69. The number of nitrogens with two attached hydrogens (primary N) is 1. The van der Waals surface area contributed by atoms with E-state index < -0.39 is 0 Å². The fraction of sp³-hybridized carbons (Fsp3) is 0.364. The van der Waals surface area contributed by atoms with Crippen LogP contribution in [0.1, 0.15) is 22.9 Å². The highest BCUT2D eigenvalue weighted by molar-refractivity contribution is 7.09. The first-order valence-electron chi connectivity index (χ1n) is 5.04. The fourth-order valence-electron chi connectivity index (χ4n) is 1.39. The van der Waals surface area contributed by atoms with Crippen molar-refractivity contribution in [2.45, 2.75) is 19.3 Å². The van der Waals surface area contributed by atoms with Crippen molar-refractivity contribution in [1.82, 2.24) is 4.98 Å². The molecule has 0 bridgehead atoms. The van der Waals surface area contributed by atoms with E-state index in [0.29, 0.717) is 6.54 Å². The smallest absolute Gasteiger partial charge is 0.199 e. The highest BCUT2D eigenvalue weighted by Gasteiger charge is 2.05. The third-order valence-corrected chi connectivity index (χ3v) is 3.02. The first-order chi connectivity index (χ1) is 7.38. The maximum atomic E-state index is 5.44. The summed E-state index contributed by atoms with van der Waals surface area (Å²) >= 11 is 1.72. The van der Waals surface area contributed by atoms with Gasteiger partial charge in [-0.1, -0.05) is 6.07 Å². The van der Waals surface area contributed by atoms with Gasteiger partial charge in [0.1, 0.15) is 6.26 Å². The van der Waals surface area contributed by atoms with Crippen molar-refractivity contribution in [2.75, 3.05) is 6.54 Å². The summed E-state index contributed by atoms with van der Waals surface area (Å²) in [6.07, 6.45) is 4.40. The van der Waals surface area contributed by atoms with E-state index in [2.05, 4.69) is 16.4 Å². The standard InChI is InChI=1S/C11H14N2OS/c12-5-1-3-9-8-14-11(13-9)7-10-4-2-6-15-10/h2,4,6,8H,1,3,5,7,12H2. The third kappa shape index (κ3) is 2.91. The number of hydrogen-bond acceptors (Lipinski definition) is 4. The average molecular weight is 222 g/mol. The molecule has 0 aliphatic heterocycles. The number of hydrogen-bond donors (Lipinski definition) is 1. The molecule has 15 heavy (non-hydrogen) atoms. The monoisotopic (exact) mass is 222 g/mol. The van der Waals surface area contributed by atoms with E-state index in [4.69, 9.17) is 10.2 Å². The second-order valence-electron chi connectivity index (χ2n) is 3.38. The molecule has 80 valence electrons. The molecule has 0 fully saturated rings. The molecule has 0 atom stereocenters. The largest absolute Gasteiger partial charge is 0.448 e. The van der Waals surface area contributed by atoms with Crippen LogP contribution >= 0.6 is 11.3 Å². The van der Waals surface area contributed by atoms with Crippen LogP contribution in [0.5, 0.6) is 0 Å². The second-order valence-corrected chi connectivity index (χ2v) is 4.41.